The van der Waals surface area contributed by atoms with E-state index in [4.69, 9.17) is 4.74 Å². The molecule has 0 saturated carbocycles. The van der Waals surface area contributed by atoms with Gasteiger partial charge in [-0.15, -0.1) is 0 Å². The van der Waals surface area contributed by atoms with Gasteiger partial charge in [0, 0.05) is 13.1 Å². The molecule has 2 aliphatic heterocycles. The van der Waals surface area contributed by atoms with Gasteiger partial charge in [0.15, 0.2) is 0 Å². The van der Waals surface area contributed by atoms with Crippen LogP contribution in [0.2, 0.25) is 0 Å². The highest BCUT2D eigenvalue weighted by molar-refractivity contribution is 5.69. The summed E-state index contributed by atoms with van der Waals surface area (Å²) in [6, 6.07) is 0.215. The molecule has 0 radical (unpaired) electrons. The topological polar surface area (TPSA) is 32.8 Å². The first kappa shape index (κ1) is 15.4. The van der Waals surface area contributed by atoms with E-state index in [1.54, 1.807) is 0 Å². The van der Waals surface area contributed by atoms with Crippen LogP contribution in [0.1, 0.15) is 46.5 Å². The van der Waals surface area contributed by atoms with Crippen LogP contribution in [0.25, 0.3) is 0 Å². The second kappa shape index (κ2) is 6.61. The highest BCUT2D eigenvalue weighted by Crippen LogP contribution is 2.21. The van der Waals surface area contributed by atoms with Crippen molar-refractivity contribution in [1.29, 1.82) is 0 Å². The summed E-state index contributed by atoms with van der Waals surface area (Å²) in [4.78, 5) is 16.5. The number of carbonyl (C=O) groups is 1. The van der Waals surface area contributed by atoms with Gasteiger partial charge in [0.1, 0.15) is 5.60 Å². The first-order chi connectivity index (χ1) is 9.46. The van der Waals surface area contributed by atoms with Gasteiger partial charge in [0.05, 0.1) is 6.04 Å². The molecule has 114 valence electrons. The first-order valence-electron chi connectivity index (χ1n) is 7.84. The Morgan fingerprint density at radius 3 is 2.55 bits per heavy atom. The minimum atomic E-state index is -0.413. The van der Waals surface area contributed by atoms with Crippen LogP contribution in [0.4, 0.5) is 4.79 Å². The summed E-state index contributed by atoms with van der Waals surface area (Å²) >= 11 is 0. The number of likely N-dealkylation sites (tertiary alicyclic amines) is 2. The van der Waals surface area contributed by atoms with Gasteiger partial charge in [-0.1, -0.05) is 12.2 Å². The van der Waals surface area contributed by atoms with Crippen LogP contribution in [0.15, 0.2) is 12.2 Å². The SMILES string of the molecule is CC(C)(C)OC(=O)N1CCC[C@H]1/C=C/CN1CCCC1. The third kappa shape index (κ3) is 4.51. The molecule has 2 saturated heterocycles. The molecule has 4 heteroatoms. The Balaban J connectivity index is 1.83. The van der Waals surface area contributed by atoms with Crippen LogP contribution >= 0.6 is 0 Å². The summed E-state index contributed by atoms with van der Waals surface area (Å²) < 4.78 is 5.47. The molecular weight excluding hydrogens is 252 g/mol. The van der Waals surface area contributed by atoms with Gasteiger partial charge >= 0.3 is 6.09 Å². The Morgan fingerprint density at radius 1 is 1.20 bits per heavy atom. The molecule has 0 aromatic heterocycles. The van der Waals surface area contributed by atoms with Crippen molar-refractivity contribution in [2.45, 2.75) is 58.1 Å². The highest BCUT2D eigenvalue weighted by atomic mass is 16.6. The maximum absolute atomic E-state index is 12.2. The quantitative estimate of drug-likeness (QED) is 0.745. The normalized spacial score (nSPS) is 24.8. The molecule has 1 atom stereocenters. The zero-order valence-corrected chi connectivity index (χ0v) is 13.1. The lowest BCUT2D eigenvalue weighted by atomic mass is 10.2. The molecule has 2 aliphatic rings. The predicted octanol–water partition coefficient (Wildman–Crippen LogP) is 3.04. The summed E-state index contributed by atoms with van der Waals surface area (Å²) in [5.41, 5.74) is -0.413. The Morgan fingerprint density at radius 2 is 1.90 bits per heavy atom. The highest BCUT2D eigenvalue weighted by Gasteiger charge is 2.30. The number of hydrogen-bond acceptors (Lipinski definition) is 3. The third-order valence-corrected chi connectivity index (χ3v) is 3.85. The van der Waals surface area contributed by atoms with E-state index in [0.717, 1.165) is 25.9 Å². The summed E-state index contributed by atoms with van der Waals surface area (Å²) in [6.45, 7) is 10.00. The summed E-state index contributed by atoms with van der Waals surface area (Å²) in [5, 5.41) is 0. The van der Waals surface area contributed by atoms with Gasteiger partial charge in [0.25, 0.3) is 0 Å². The largest absolute Gasteiger partial charge is 0.444 e. The average molecular weight is 280 g/mol. The van der Waals surface area contributed by atoms with E-state index in [0.29, 0.717) is 0 Å². The lowest BCUT2D eigenvalue weighted by molar-refractivity contribution is 0.0255. The van der Waals surface area contributed by atoms with E-state index in [-0.39, 0.29) is 12.1 Å². The molecule has 20 heavy (non-hydrogen) atoms. The summed E-state index contributed by atoms with van der Waals surface area (Å²) in [5.74, 6) is 0. The fourth-order valence-corrected chi connectivity index (χ4v) is 2.87. The molecule has 0 aromatic carbocycles. The Labute approximate surface area is 122 Å². The first-order valence-corrected chi connectivity index (χ1v) is 7.84. The van der Waals surface area contributed by atoms with E-state index in [1.165, 1.54) is 25.9 Å². The molecule has 1 amide bonds. The smallest absolute Gasteiger partial charge is 0.410 e. The number of ether oxygens (including phenoxy) is 1. The number of nitrogens with zero attached hydrogens (tertiary/aromatic N) is 2. The van der Waals surface area contributed by atoms with Gasteiger partial charge in [-0.3, -0.25) is 4.90 Å². The fraction of sp³-hybridized carbons (Fsp3) is 0.812. The molecular formula is C16H28N2O2. The van der Waals surface area contributed by atoms with Crippen LogP contribution in [0.3, 0.4) is 0 Å². The lowest BCUT2D eigenvalue weighted by Crippen LogP contribution is -2.39. The molecule has 0 unspecified atom stereocenters. The van der Waals surface area contributed by atoms with Crippen molar-refractivity contribution in [3.63, 3.8) is 0 Å². The molecule has 0 N–H and O–H groups in total. The lowest BCUT2D eigenvalue weighted by Gasteiger charge is -2.27. The zero-order valence-electron chi connectivity index (χ0n) is 13.1. The second-order valence-electron chi connectivity index (χ2n) is 6.82. The van der Waals surface area contributed by atoms with Gasteiger partial charge < -0.3 is 9.64 Å². The van der Waals surface area contributed by atoms with Gasteiger partial charge in [-0.25, -0.2) is 4.79 Å². The monoisotopic (exact) mass is 280 g/mol. The van der Waals surface area contributed by atoms with Crippen molar-refractivity contribution in [2.24, 2.45) is 0 Å². The van der Waals surface area contributed by atoms with E-state index < -0.39 is 5.60 Å². The standard InChI is InChI=1S/C16H28N2O2/c1-16(2,3)20-15(19)18-13-7-9-14(18)8-6-12-17-10-4-5-11-17/h6,8,14H,4-5,7,9-13H2,1-3H3/b8-6+/t14-/m1/s1. The molecule has 4 nitrogen and oxygen atoms in total. The molecule has 2 heterocycles. The number of rotatable bonds is 3. The van der Waals surface area contributed by atoms with Crippen LogP contribution in [-0.2, 0) is 4.74 Å². The average Bonchev–Trinajstić information content (AvgIpc) is 2.97. The van der Waals surface area contributed by atoms with Crippen molar-refractivity contribution in [1.82, 2.24) is 9.80 Å². The maximum atomic E-state index is 12.2. The molecule has 0 spiro atoms. The predicted molar refractivity (Wildman–Crippen MR) is 80.8 cm³/mol. The van der Waals surface area contributed by atoms with E-state index >= 15 is 0 Å². The van der Waals surface area contributed by atoms with Crippen molar-refractivity contribution in [3.8, 4) is 0 Å². The summed E-state index contributed by atoms with van der Waals surface area (Å²) in [6.07, 6.45) is 9.00. The summed E-state index contributed by atoms with van der Waals surface area (Å²) in [7, 11) is 0. The number of hydrogen-bond donors (Lipinski definition) is 0. The van der Waals surface area contributed by atoms with Crippen molar-refractivity contribution in [3.05, 3.63) is 12.2 Å². The van der Waals surface area contributed by atoms with Crippen LogP contribution in [-0.4, -0.2) is 53.7 Å². The maximum Gasteiger partial charge on any atom is 0.410 e. The van der Waals surface area contributed by atoms with Crippen molar-refractivity contribution >= 4 is 6.09 Å². The molecule has 0 aliphatic carbocycles. The fourth-order valence-electron chi connectivity index (χ4n) is 2.87. The Hall–Kier alpha value is -1.03. The molecule has 0 bridgehead atoms. The van der Waals surface area contributed by atoms with Crippen LogP contribution < -0.4 is 0 Å². The minimum absolute atomic E-state index is 0.175. The molecule has 2 fully saturated rings. The van der Waals surface area contributed by atoms with E-state index in [2.05, 4.69) is 17.1 Å². The van der Waals surface area contributed by atoms with Gasteiger partial charge in [0.2, 0.25) is 0 Å². The minimum Gasteiger partial charge on any atom is -0.444 e. The number of carbonyl (C=O) groups excluding carboxylic acids is 1. The van der Waals surface area contributed by atoms with Gasteiger partial charge in [-0.05, 0) is 59.5 Å². The zero-order chi connectivity index (χ0) is 14.6. The Bertz CT molecular complexity index is 354. The van der Waals surface area contributed by atoms with Crippen molar-refractivity contribution < 1.29 is 9.53 Å². The molecule has 2 rings (SSSR count). The number of amides is 1. The Kier molecular flexibility index (Phi) is 5.08. The van der Waals surface area contributed by atoms with E-state index in [1.807, 2.05) is 25.7 Å². The second-order valence-corrected chi connectivity index (χ2v) is 6.82. The third-order valence-electron chi connectivity index (χ3n) is 3.85. The van der Waals surface area contributed by atoms with Crippen molar-refractivity contribution in [2.75, 3.05) is 26.2 Å². The van der Waals surface area contributed by atoms with Crippen LogP contribution in [0.5, 0.6) is 0 Å². The van der Waals surface area contributed by atoms with Crippen LogP contribution in [0, 0.1) is 0 Å². The van der Waals surface area contributed by atoms with E-state index in [9.17, 15) is 4.79 Å². The molecule has 0 aromatic rings. The van der Waals surface area contributed by atoms with Gasteiger partial charge in [-0.2, -0.15) is 0 Å².